The number of hydrogen-bond donors (Lipinski definition) is 2. The van der Waals surface area contributed by atoms with Crippen molar-refractivity contribution in [2.24, 2.45) is 0 Å². The maximum absolute atomic E-state index is 11.0. The molecule has 0 aromatic heterocycles. The van der Waals surface area contributed by atoms with Crippen LogP contribution in [-0.2, 0) is 9.45 Å². The van der Waals surface area contributed by atoms with Crippen molar-refractivity contribution in [3.8, 4) is 0 Å². The second kappa shape index (κ2) is 17.8. The van der Waals surface area contributed by atoms with Crippen molar-refractivity contribution in [3.63, 3.8) is 0 Å². The largest absolute Gasteiger partial charge is 0.709 e. The van der Waals surface area contributed by atoms with Crippen LogP contribution in [0.1, 0.15) is 110 Å². The topological polar surface area (TPSA) is 66.8 Å². The van der Waals surface area contributed by atoms with Gasteiger partial charge in [-0.15, -0.1) is 0 Å². The van der Waals surface area contributed by atoms with Gasteiger partial charge in [0.1, 0.15) is 0 Å². The molecule has 136 valence electrons. The first-order valence-electron chi connectivity index (χ1n) is 9.72. The average Bonchev–Trinajstić information content (AvgIpc) is 2.50. The van der Waals surface area contributed by atoms with Crippen molar-refractivity contribution in [3.05, 3.63) is 0 Å². The number of carbonyl (C=O) groups excluding carboxylic acids is 1. The molecule has 0 heterocycles. The molecule has 0 amide bonds. The van der Waals surface area contributed by atoms with Crippen LogP contribution >= 0.6 is 0 Å². The highest BCUT2D eigenvalue weighted by atomic mass is 16.6. The molecule has 5 heteroatoms. The van der Waals surface area contributed by atoms with E-state index in [1.165, 1.54) is 77.0 Å². The third-order valence-corrected chi connectivity index (χ3v) is 4.22. The second-order valence-electron chi connectivity index (χ2n) is 6.52. The molecule has 0 bridgehead atoms. The minimum absolute atomic E-state index is 0.274. The molecule has 0 saturated carbocycles. The van der Waals surface area contributed by atoms with Crippen molar-refractivity contribution < 1.29 is 19.5 Å². The summed E-state index contributed by atoms with van der Waals surface area (Å²) in [5, 5.41) is 16.9. The van der Waals surface area contributed by atoms with Gasteiger partial charge in [-0.05, 0) is 6.42 Å². The minimum atomic E-state index is -1.97. The van der Waals surface area contributed by atoms with E-state index in [9.17, 15) is 4.79 Å². The standard InChI is InChI=1S/C18H37BO4/c1-2-3-4-5-6-7-8-9-10-11-12-13-14-15-16-17-18(20)23-19(21)22/h21-22H,2-17H2,1H3. The van der Waals surface area contributed by atoms with Crippen LogP contribution in [0.25, 0.3) is 0 Å². The SMILES string of the molecule is CCCCCCCCCCCCCCCCCC(=O)OB(O)O. The predicted octanol–water partition coefficient (Wildman–Crippen LogP) is 4.76. The molecule has 0 fully saturated rings. The third kappa shape index (κ3) is 19.4. The van der Waals surface area contributed by atoms with Gasteiger partial charge in [-0.2, -0.15) is 0 Å². The lowest BCUT2D eigenvalue weighted by atomic mass is 10.0. The van der Waals surface area contributed by atoms with Crippen molar-refractivity contribution >= 4 is 13.3 Å². The lowest BCUT2D eigenvalue weighted by Gasteiger charge is -2.04. The van der Waals surface area contributed by atoms with Crippen molar-refractivity contribution in [2.75, 3.05) is 0 Å². The van der Waals surface area contributed by atoms with E-state index in [-0.39, 0.29) is 6.42 Å². The van der Waals surface area contributed by atoms with E-state index in [0.29, 0.717) is 0 Å². The summed E-state index contributed by atoms with van der Waals surface area (Å²) in [6.45, 7) is 2.26. The van der Waals surface area contributed by atoms with E-state index in [0.717, 1.165) is 19.3 Å². The van der Waals surface area contributed by atoms with Crippen LogP contribution in [0.2, 0.25) is 0 Å². The van der Waals surface area contributed by atoms with E-state index in [1.54, 1.807) is 0 Å². The van der Waals surface area contributed by atoms with Crippen LogP contribution in [0.15, 0.2) is 0 Å². The molecule has 2 N–H and O–H groups in total. The summed E-state index contributed by atoms with van der Waals surface area (Å²) >= 11 is 0. The molecule has 0 aliphatic rings. The van der Waals surface area contributed by atoms with Gasteiger partial charge < -0.3 is 14.7 Å². The van der Waals surface area contributed by atoms with Crippen molar-refractivity contribution in [1.82, 2.24) is 0 Å². The first-order valence-corrected chi connectivity index (χ1v) is 9.72. The number of rotatable bonds is 17. The maximum Gasteiger partial charge on any atom is 0.709 e. The highest BCUT2D eigenvalue weighted by Gasteiger charge is 2.14. The monoisotopic (exact) mass is 328 g/mol. The Morgan fingerprint density at radius 1 is 0.696 bits per heavy atom. The van der Waals surface area contributed by atoms with Gasteiger partial charge in [-0.25, -0.2) is 0 Å². The number of unbranched alkanes of at least 4 members (excludes halogenated alkanes) is 14. The summed E-state index contributed by atoms with van der Waals surface area (Å²) in [6.07, 6.45) is 19.5. The van der Waals surface area contributed by atoms with Crippen LogP contribution in [0.4, 0.5) is 0 Å². The lowest BCUT2D eigenvalue weighted by Crippen LogP contribution is -2.21. The molecule has 0 rings (SSSR count). The van der Waals surface area contributed by atoms with Gasteiger partial charge in [-0.1, -0.05) is 96.8 Å². The van der Waals surface area contributed by atoms with E-state index in [1.807, 2.05) is 0 Å². The Morgan fingerprint density at radius 2 is 1.04 bits per heavy atom. The molecule has 0 aromatic carbocycles. The van der Waals surface area contributed by atoms with Crippen molar-refractivity contribution in [2.45, 2.75) is 110 Å². The highest BCUT2D eigenvalue weighted by molar-refractivity contribution is 6.35. The summed E-state index contributed by atoms with van der Waals surface area (Å²) in [5.74, 6) is -0.533. The molecule has 0 aliphatic carbocycles. The molecule has 0 saturated heterocycles. The zero-order valence-electron chi connectivity index (χ0n) is 15.1. The molecular formula is C18H37BO4. The van der Waals surface area contributed by atoms with E-state index < -0.39 is 13.3 Å². The Hall–Kier alpha value is -0.545. The fourth-order valence-electron chi connectivity index (χ4n) is 2.82. The van der Waals surface area contributed by atoms with Crippen molar-refractivity contribution in [1.29, 1.82) is 0 Å². The van der Waals surface area contributed by atoms with E-state index in [2.05, 4.69) is 11.6 Å². The van der Waals surface area contributed by atoms with Gasteiger partial charge >= 0.3 is 7.32 Å². The zero-order chi connectivity index (χ0) is 17.2. The maximum atomic E-state index is 11.0. The smallest absolute Gasteiger partial charge is 0.485 e. The molecule has 23 heavy (non-hydrogen) atoms. The number of carbonyl (C=O) groups is 1. The highest BCUT2D eigenvalue weighted by Crippen LogP contribution is 2.13. The predicted molar refractivity (Wildman–Crippen MR) is 95.8 cm³/mol. The average molecular weight is 328 g/mol. The van der Waals surface area contributed by atoms with Crippen LogP contribution < -0.4 is 0 Å². The van der Waals surface area contributed by atoms with Crippen LogP contribution in [0, 0.1) is 0 Å². The third-order valence-electron chi connectivity index (χ3n) is 4.22. The minimum Gasteiger partial charge on any atom is -0.485 e. The normalized spacial score (nSPS) is 10.7. The molecule has 0 spiro atoms. The second-order valence-corrected chi connectivity index (χ2v) is 6.52. The Morgan fingerprint density at radius 3 is 1.39 bits per heavy atom. The van der Waals surface area contributed by atoms with Gasteiger partial charge in [0.05, 0.1) is 0 Å². The van der Waals surface area contributed by atoms with Crippen LogP contribution in [0.5, 0.6) is 0 Å². The molecule has 0 atom stereocenters. The summed E-state index contributed by atoms with van der Waals surface area (Å²) in [7, 11) is -1.97. The fraction of sp³-hybridized carbons (Fsp3) is 0.944. The van der Waals surface area contributed by atoms with E-state index >= 15 is 0 Å². The van der Waals surface area contributed by atoms with Crippen LogP contribution in [0.3, 0.4) is 0 Å². The quantitative estimate of drug-likeness (QED) is 0.298. The molecule has 4 nitrogen and oxygen atoms in total. The molecule has 0 aromatic rings. The number of hydrogen-bond acceptors (Lipinski definition) is 4. The summed E-state index contributed by atoms with van der Waals surface area (Å²) in [6, 6.07) is 0. The van der Waals surface area contributed by atoms with Gasteiger partial charge in [0.25, 0.3) is 5.97 Å². The summed E-state index contributed by atoms with van der Waals surface area (Å²) in [5.41, 5.74) is 0. The molecule has 0 aliphatic heterocycles. The molecule has 0 radical (unpaired) electrons. The first kappa shape index (κ1) is 22.5. The zero-order valence-corrected chi connectivity index (χ0v) is 15.1. The summed E-state index contributed by atoms with van der Waals surface area (Å²) in [4.78, 5) is 11.0. The first-order chi connectivity index (χ1) is 11.2. The Bertz CT molecular complexity index is 259. The van der Waals surface area contributed by atoms with Gasteiger partial charge in [0.2, 0.25) is 0 Å². The summed E-state index contributed by atoms with van der Waals surface area (Å²) < 4.78 is 4.24. The molecular weight excluding hydrogens is 291 g/mol. The Kier molecular flexibility index (Phi) is 17.4. The molecule has 0 unspecified atom stereocenters. The van der Waals surface area contributed by atoms with Crippen LogP contribution in [-0.4, -0.2) is 23.3 Å². The van der Waals surface area contributed by atoms with Gasteiger partial charge in [0, 0.05) is 6.42 Å². The van der Waals surface area contributed by atoms with E-state index in [4.69, 9.17) is 10.0 Å². The Balaban J connectivity index is 3.06. The van der Waals surface area contributed by atoms with Gasteiger partial charge in [-0.3, -0.25) is 4.79 Å². The lowest BCUT2D eigenvalue weighted by molar-refractivity contribution is -0.137. The van der Waals surface area contributed by atoms with Gasteiger partial charge in [0.15, 0.2) is 0 Å². The fourth-order valence-corrected chi connectivity index (χ4v) is 2.82. The Labute approximate surface area is 143 Å².